The third kappa shape index (κ3) is 2.30. The van der Waals surface area contributed by atoms with Gasteiger partial charge in [-0.25, -0.2) is 0 Å². The van der Waals surface area contributed by atoms with Gasteiger partial charge in [0.1, 0.15) is 0 Å². The number of pyridine rings is 1. The van der Waals surface area contributed by atoms with Crippen molar-refractivity contribution in [3.63, 3.8) is 0 Å². The van der Waals surface area contributed by atoms with Gasteiger partial charge in [0.05, 0.1) is 30.5 Å². The Balaban J connectivity index is 1.59. The summed E-state index contributed by atoms with van der Waals surface area (Å²) in [6.45, 7) is 0. The van der Waals surface area contributed by atoms with E-state index in [-0.39, 0.29) is 11.9 Å². The molecule has 0 unspecified atom stereocenters. The largest absolute Gasteiger partial charge is 0.469 e. The number of hydrogen-bond donors (Lipinski definition) is 0. The first-order chi connectivity index (χ1) is 10.8. The van der Waals surface area contributed by atoms with Crippen LogP contribution in [0.1, 0.15) is 43.3 Å². The van der Waals surface area contributed by atoms with Crippen LogP contribution in [0.4, 0.5) is 0 Å². The smallest absolute Gasteiger partial charge is 0.308 e. The van der Waals surface area contributed by atoms with Crippen LogP contribution in [0, 0.1) is 5.92 Å². The van der Waals surface area contributed by atoms with Gasteiger partial charge in [0.25, 0.3) is 0 Å². The fraction of sp³-hybridized carbons (Fsp3) is 0.471. The minimum Gasteiger partial charge on any atom is -0.469 e. The van der Waals surface area contributed by atoms with Crippen LogP contribution in [0.2, 0.25) is 0 Å². The second-order valence-electron chi connectivity index (χ2n) is 6.24. The molecule has 2 aromatic rings. The topological polar surface area (TPSA) is 57.0 Å². The van der Waals surface area contributed by atoms with Crippen LogP contribution in [-0.2, 0) is 9.53 Å². The molecule has 5 nitrogen and oxygen atoms in total. The Morgan fingerprint density at radius 1 is 1.32 bits per heavy atom. The standard InChI is InChI=1S/C17H19N3O2/c1-22-17(21)12-8-13(9-12)20-10-14(15-4-2-3-7-18-15)16(19-20)11-5-6-11/h2-4,7,10-13H,5-6,8-9H2,1H3. The van der Waals surface area contributed by atoms with Gasteiger partial charge >= 0.3 is 5.97 Å². The monoisotopic (exact) mass is 297 g/mol. The van der Waals surface area contributed by atoms with E-state index in [1.54, 1.807) is 0 Å². The molecule has 2 aliphatic carbocycles. The van der Waals surface area contributed by atoms with Gasteiger partial charge in [0.15, 0.2) is 0 Å². The number of carbonyl (C=O) groups excluding carboxylic acids is 1. The third-order valence-electron chi connectivity index (χ3n) is 4.69. The highest BCUT2D eigenvalue weighted by Crippen LogP contribution is 2.45. The van der Waals surface area contributed by atoms with Gasteiger partial charge in [0, 0.05) is 23.9 Å². The molecule has 2 fully saturated rings. The zero-order valence-corrected chi connectivity index (χ0v) is 12.6. The Bertz CT molecular complexity index is 685. The molecule has 5 heteroatoms. The number of esters is 1. The maximum Gasteiger partial charge on any atom is 0.308 e. The van der Waals surface area contributed by atoms with Crippen LogP contribution in [0.15, 0.2) is 30.6 Å². The predicted octanol–water partition coefficient (Wildman–Crippen LogP) is 2.95. The van der Waals surface area contributed by atoms with Crippen LogP contribution < -0.4 is 0 Å². The highest BCUT2D eigenvalue weighted by atomic mass is 16.5. The van der Waals surface area contributed by atoms with Crippen LogP contribution >= 0.6 is 0 Å². The Hall–Kier alpha value is -2.17. The summed E-state index contributed by atoms with van der Waals surface area (Å²) in [4.78, 5) is 16.0. The highest BCUT2D eigenvalue weighted by Gasteiger charge is 2.38. The van der Waals surface area contributed by atoms with E-state index in [9.17, 15) is 4.79 Å². The van der Waals surface area contributed by atoms with Gasteiger partial charge in [0.2, 0.25) is 0 Å². The summed E-state index contributed by atoms with van der Waals surface area (Å²) >= 11 is 0. The Kier molecular flexibility index (Phi) is 3.21. The van der Waals surface area contributed by atoms with Crippen molar-refractivity contribution < 1.29 is 9.53 Å². The minimum atomic E-state index is -0.101. The molecular formula is C17H19N3O2. The molecule has 0 spiro atoms. The third-order valence-corrected chi connectivity index (χ3v) is 4.69. The molecule has 4 rings (SSSR count). The number of aromatic nitrogens is 3. The van der Waals surface area contributed by atoms with E-state index in [4.69, 9.17) is 9.84 Å². The lowest BCUT2D eigenvalue weighted by Crippen LogP contribution is -2.33. The molecule has 0 radical (unpaired) electrons. The lowest BCUT2D eigenvalue weighted by atomic mass is 9.80. The number of nitrogens with zero attached hydrogens (tertiary/aromatic N) is 3. The molecule has 0 aromatic carbocycles. The van der Waals surface area contributed by atoms with E-state index in [1.165, 1.54) is 25.6 Å². The molecule has 0 N–H and O–H groups in total. The summed E-state index contributed by atoms with van der Waals surface area (Å²) in [5.74, 6) is 0.507. The molecule has 0 atom stereocenters. The van der Waals surface area contributed by atoms with Crippen molar-refractivity contribution in [1.29, 1.82) is 0 Å². The summed E-state index contributed by atoms with van der Waals surface area (Å²) in [6.07, 6.45) is 7.99. The molecule has 114 valence electrons. The first kappa shape index (κ1) is 13.5. The predicted molar refractivity (Wildman–Crippen MR) is 81.2 cm³/mol. The fourth-order valence-corrected chi connectivity index (χ4v) is 3.13. The summed E-state index contributed by atoms with van der Waals surface area (Å²) in [6, 6.07) is 6.27. The highest BCUT2D eigenvalue weighted by molar-refractivity contribution is 5.73. The van der Waals surface area contributed by atoms with Crippen LogP contribution in [-0.4, -0.2) is 27.8 Å². The second-order valence-corrected chi connectivity index (χ2v) is 6.24. The lowest BCUT2D eigenvalue weighted by molar-refractivity contribution is -0.149. The molecular weight excluding hydrogens is 278 g/mol. The maximum atomic E-state index is 11.5. The van der Waals surface area contributed by atoms with Crippen molar-refractivity contribution in [3.05, 3.63) is 36.3 Å². The first-order valence-electron chi connectivity index (χ1n) is 7.84. The molecule has 2 aromatic heterocycles. The van der Waals surface area contributed by atoms with Gasteiger partial charge < -0.3 is 4.74 Å². The summed E-state index contributed by atoms with van der Waals surface area (Å²) < 4.78 is 6.85. The average molecular weight is 297 g/mol. The van der Waals surface area contributed by atoms with Crippen LogP contribution in [0.3, 0.4) is 0 Å². The van der Waals surface area contributed by atoms with E-state index in [2.05, 4.69) is 11.2 Å². The first-order valence-corrected chi connectivity index (χ1v) is 7.84. The minimum absolute atomic E-state index is 0.0295. The van der Waals surface area contributed by atoms with Crippen LogP contribution in [0.5, 0.6) is 0 Å². The van der Waals surface area contributed by atoms with Crippen molar-refractivity contribution in [2.75, 3.05) is 7.11 Å². The SMILES string of the molecule is COC(=O)C1CC(n2cc(-c3ccccn3)c(C3CC3)n2)C1. The zero-order valence-electron chi connectivity index (χ0n) is 12.6. The normalized spacial score (nSPS) is 23.9. The molecule has 2 aliphatic rings. The van der Waals surface area contributed by atoms with E-state index in [0.29, 0.717) is 12.0 Å². The Morgan fingerprint density at radius 2 is 2.14 bits per heavy atom. The quantitative estimate of drug-likeness (QED) is 0.814. The average Bonchev–Trinajstić information content (AvgIpc) is 3.27. The van der Waals surface area contributed by atoms with Crippen molar-refractivity contribution >= 4 is 5.97 Å². The molecule has 0 saturated heterocycles. The maximum absolute atomic E-state index is 11.5. The van der Waals surface area contributed by atoms with Crippen molar-refractivity contribution in [1.82, 2.24) is 14.8 Å². The Labute approximate surface area is 129 Å². The van der Waals surface area contributed by atoms with Gasteiger partial charge in [-0.2, -0.15) is 5.10 Å². The van der Waals surface area contributed by atoms with Gasteiger partial charge in [-0.15, -0.1) is 0 Å². The molecule has 0 aliphatic heterocycles. The molecule has 2 saturated carbocycles. The van der Waals surface area contributed by atoms with Gasteiger partial charge in [-0.05, 0) is 37.8 Å². The van der Waals surface area contributed by atoms with Gasteiger partial charge in [-0.3, -0.25) is 14.5 Å². The van der Waals surface area contributed by atoms with E-state index >= 15 is 0 Å². The van der Waals surface area contributed by atoms with Crippen LogP contribution in [0.25, 0.3) is 11.3 Å². The number of carbonyl (C=O) groups is 1. The number of methoxy groups -OCH3 is 1. The number of hydrogen-bond acceptors (Lipinski definition) is 4. The zero-order chi connectivity index (χ0) is 15.1. The molecule has 22 heavy (non-hydrogen) atoms. The number of ether oxygens (including phenoxy) is 1. The summed E-state index contributed by atoms with van der Waals surface area (Å²) in [7, 11) is 1.45. The molecule has 2 heterocycles. The lowest BCUT2D eigenvalue weighted by Gasteiger charge is -2.33. The van der Waals surface area contributed by atoms with E-state index in [0.717, 1.165) is 24.1 Å². The van der Waals surface area contributed by atoms with Crippen molar-refractivity contribution in [2.24, 2.45) is 5.92 Å². The number of rotatable bonds is 4. The van der Waals surface area contributed by atoms with Crippen molar-refractivity contribution in [2.45, 2.75) is 37.6 Å². The van der Waals surface area contributed by atoms with Crippen molar-refractivity contribution in [3.8, 4) is 11.3 Å². The van der Waals surface area contributed by atoms with E-state index < -0.39 is 0 Å². The second kappa shape index (κ2) is 5.23. The summed E-state index contributed by atoms with van der Waals surface area (Å²) in [5.41, 5.74) is 3.30. The molecule has 0 amide bonds. The van der Waals surface area contributed by atoms with Gasteiger partial charge in [-0.1, -0.05) is 6.07 Å². The summed E-state index contributed by atoms with van der Waals surface area (Å²) in [5, 5.41) is 4.81. The molecule has 0 bridgehead atoms. The fourth-order valence-electron chi connectivity index (χ4n) is 3.13. The Morgan fingerprint density at radius 3 is 2.77 bits per heavy atom. The van der Waals surface area contributed by atoms with E-state index in [1.807, 2.05) is 29.1 Å².